The van der Waals surface area contributed by atoms with Crippen molar-refractivity contribution in [1.82, 2.24) is 0 Å². The lowest BCUT2D eigenvalue weighted by Gasteiger charge is -2.12. The molecule has 1 heterocycles. The van der Waals surface area contributed by atoms with Crippen molar-refractivity contribution in [2.45, 2.75) is 0 Å². The number of hydrogen-bond acceptors (Lipinski definition) is 1. The van der Waals surface area contributed by atoms with E-state index in [2.05, 4.69) is 82.7 Å². The summed E-state index contributed by atoms with van der Waals surface area (Å²) in [4.78, 5) is 0. The van der Waals surface area contributed by atoms with Gasteiger partial charge in [-0.1, -0.05) is 70.5 Å². The van der Waals surface area contributed by atoms with Crippen molar-refractivity contribution in [2.24, 2.45) is 0 Å². The molecule has 0 radical (unpaired) electrons. The average molecular weight is 373 g/mol. The van der Waals surface area contributed by atoms with Crippen LogP contribution in [-0.2, 0) is 0 Å². The second kappa shape index (κ2) is 5.22. The van der Waals surface area contributed by atoms with Crippen LogP contribution in [0.4, 0.5) is 0 Å². The van der Waals surface area contributed by atoms with Crippen LogP contribution in [0.3, 0.4) is 0 Å². The molecule has 3 aromatic rings. The SMILES string of the molecule is Brc1ccc(-c2oc3ccccc3c3cc4ccccc4c2-3)cc1. The van der Waals surface area contributed by atoms with Gasteiger partial charge in [0, 0.05) is 21.0 Å². The number of para-hydroxylation sites is 1. The van der Waals surface area contributed by atoms with Gasteiger partial charge in [-0.2, -0.15) is 0 Å². The summed E-state index contributed by atoms with van der Waals surface area (Å²) in [7, 11) is 0. The topological polar surface area (TPSA) is 13.1 Å². The first-order valence-electron chi connectivity index (χ1n) is 7.90. The Morgan fingerprint density at radius 3 is 2.25 bits per heavy atom. The Hall–Kier alpha value is -2.58. The lowest BCUT2D eigenvalue weighted by molar-refractivity contribution is 0.622. The fraction of sp³-hybridized carbons (Fsp3) is 0. The van der Waals surface area contributed by atoms with Crippen LogP contribution < -0.4 is 0 Å². The summed E-state index contributed by atoms with van der Waals surface area (Å²) in [5.74, 6) is 0.928. The smallest absolute Gasteiger partial charge is 0.143 e. The summed E-state index contributed by atoms with van der Waals surface area (Å²) in [6.07, 6.45) is 0. The highest BCUT2D eigenvalue weighted by Crippen LogP contribution is 2.45. The van der Waals surface area contributed by atoms with Crippen molar-refractivity contribution in [1.29, 1.82) is 0 Å². The third kappa shape index (κ3) is 2.00. The van der Waals surface area contributed by atoms with E-state index in [-0.39, 0.29) is 0 Å². The molecule has 2 aliphatic rings. The van der Waals surface area contributed by atoms with E-state index in [0.29, 0.717) is 0 Å². The van der Waals surface area contributed by atoms with Gasteiger partial charge in [-0.3, -0.25) is 0 Å². The molecule has 0 unspecified atom stereocenters. The standard InChI is InChI=1S/C22H13BrO/c23-16-11-9-14(10-12-16)22-21-17-6-2-1-5-15(17)13-19(21)18-7-3-4-8-20(18)24-22/h1-13H. The maximum Gasteiger partial charge on any atom is 0.143 e. The lowest BCUT2D eigenvalue weighted by Crippen LogP contribution is -1.87. The molecular formula is C22H13BrO. The van der Waals surface area contributed by atoms with Gasteiger partial charge in [-0.25, -0.2) is 0 Å². The molecule has 1 aliphatic carbocycles. The number of benzene rings is 3. The number of halogens is 1. The van der Waals surface area contributed by atoms with Gasteiger partial charge in [0.1, 0.15) is 11.3 Å². The molecule has 0 atom stereocenters. The average Bonchev–Trinajstić information content (AvgIpc) is 3.02. The highest BCUT2D eigenvalue weighted by molar-refractivity contribution is 9.10. The van der Waals surface area contributed by atoms with E-state index >= 15 is 0 Å². The molecule has 0 aromatic heterocycles. The van der Waals surface area contributed by atoms with Crippen molar-refractivity contribution < 1.29 is 4.42 Å². The molecule has 24 heavy (non-hydrogen) atoms. The van der Waals surface area contributed by atoms with Gasteiger partial charge in [0.05, 0.1) is 0 Å². The van der Waals surface area contributed by atoms with Crippen molar-refractivity contribution in [3.63, 3.8) is 0 Å². The molecule has 0 saturated carbocycles. The molecule has 0 bridgehead atoms. The molecule has 2 heteroatoms. The molecule has 0 N–H and O–H groups in total. The van der Waals surface area contributed by atoms with Crippen LogP contribution in [0.5, 0.6) is 0 Å². The normalized spacial score (nSPS) is 11.5. The summed E-state index contributed by atoms with van der Waals surface area (Å²) < 4.78 is 7.42. The van der Waals surface area contributed by atoms with Crippen LogP contribution in [0, 0.1) is 0 Å². The summed E-state index contributed by atoms with van der Waals surface area (Å²) in [5.41, 5.74) is 4.44. The predicted molar refractivity (Wildman–Crippen MR) is 103 cm³/mol. The fourth-order valence-electron chi connectivity index (χ4n) is 3.42. The molecule has 0 fully saturated rings. The van der Waals surface area contributed by atoms with Gasteiger partial charge in [0.15, 0.2) is 0 Å². The zero-order chi connectivity index (χ0) is 16.1. The first-order chi connectivity index (χ1) is 11.8. The fourth-order valence-corrected chi connectivity index (χ4v) is 3.69. The minimum Gasteiger partial charge on any atom is -0.455 e. The minimum absolute atomic E-state index is 0.915. The molecule has 0 amide bonds. The largest absolute Gasteiger partial charge is 0.455 e. The van der Waals surface area contributed by atoms with Crippen LogP contribution >= 0.6 is 15.9 Å². The molecule has 0 spiro atoms. The van der Waals surface area contributed by atoms with Gasteiger partial charge < -0.3 is 4.42 Å². The minimum atomic E-state index is 0.915. The molecule has 114 valence electrons. The maximum atomic E-state index is 6.35. The lowest BCUT2D eigenvalue weighted by atomic mass is 9.98. The monoisotopic (exact) mass is 372 g/mol. The summed E-state index contributed by atoms with van der Waals surface area (Å²) in [5, 5.41) is 3.64. The van der Waals surface area contributed by atoms with Gasteiger partial charge in [-0.15, -0.1) is 0 Å². The van der Waals surface area contributed by atoms with Gasteiger partial charge in [-0.05, 0) is 40.6 Å². The third-order valence-electron chi connectivity index (χ3n) is 4.52. The van der Waals surface area contributed by atoms with E-state index in [1.807, 2.05) is 12.1 Å². The maximum absolute atomic E-state index is 6.35. The van der Waals surface area contributed by atoms with Crippen molar-refractivity contribution in [3.8, 4) is 22.5 Å². The zero-order valence-corrected chi connectivity index (χ0v) is 14.4. The summed E-state index contributed by atoms with van der Waals surface area (Å²) in [6, 6.07) is 27.3. The van der Waals surface area contributed by atoms with E-state index < -0.39 is 0 Å². The Labute approximate surface area is 148 Å². The van der Waals surface area contributed by atoms with Crippen LogP contribution in [0.1, 0.15) is 0 Å². The van der Waals surface area contributed by atoms with E-state index in [1.54, 1.807) is 0 Å². The first kappa shape index (κ1) is 13.8. The van der Waals surface area contributed by atoms with Crippen LogP contribution in [0.15, 0.2) is 87.8 Å². The predicted octanol–water partition coefficient (Wildman–Crippen LogP) is 7.12. The quantitative estimate of drug-likeness (QED) is 0.305. The second-order valence-electron chi connectivity index (χ2n) is 5.95. The number of hydrogen-bond donors (Lipinski definition) is 0. The number of rotatable bonds is 1. The van der Waals surface area contributed by atoms with Crippen LogP contribution in [0.25, 0.3) is 44.2 Å². The van der Waals surface area contributed by atoms with Crippen molar-refractivity contribution in [2.75, 3.05) is 0 Å². The Bertz CT molecular complexity index is 1150. The number of fused-ring (bicyclic) bond motifs is 5. The van der Waals surface area contributed by atoms with E-state index in [0.717, 1.165) is 26.8 Å². The second-order valence-corrected chi connectivity index (χ2v) is 6.87. The molecular weight excluding hydrogens is 360 g/mol. The Morgan fingerprint density at radius 2 is 1.42 bits per heavy atom. The van der Waals surface area contributed by atoms with Gasteiger partial charge >= 0.3 is 0 Å². The first-order valence-corrected chi connectivity index (χ1v) is 8.69. The summed E-state index contributed by atoms with van der Waals surface area (Å²) in [6.45, 7) is 0. The highest BCUT2D eigenvalue weighted by atomic mass is 79.9. The highest BCUT2D eigenvalue weighted by Gasteiger charge is 2.20. The van der Waals surface area contributed by atoms with Gasteiger partial charge in [0.2, 0.25) is 0 Å². The van der Waals surface area contributed by atoms with Crippen LogP contribution in [-0.4, -0.2) is 0 Å². The Balaban J connectivity index is 1.98. The molecule has 3 aromatic carbocycles. The van der Waals surface area contributed by atoms with Crippen LogP contribution in [0.2, 0.25) is 0 Å². The molecule has 0 saturated heterocycles. The molecule has 1 aliphatic heterocycles. The van der Waals surface area contributed by atoms with Crippen molar-refractivity contribution in [3.05, 3.63) is 83.3 Å². The van der Waals surface area contributed by atoms with E-state index in [9.17, 15) is 0 Å². The Morgan fingerprint density at radius 1 is 0.708 bits per heavy atom. The third-order valence-corrected chi connectivity index (χ3v) is 5.05. The van der Waals surface area contributed by atoms with Gasteiger partial charge in [0.25, 0.3) is 0 Å². The Kier molecular flexibility index (Phi) is 3.00. The van der Waals surface area contributed by atoms with Crippen molar-refractivity contribution >= 4 is 37.7 Å². The van der Waals surface area contributed by atoms with E-state index in [4.69, 9.17) is 4.42 Å². The zero-order valence-electron chi connectivity index (χ0n) is 12.8. The summed E-state index contributed by atoms with van der Waals surface area (Å²) >= 11 is 3.51. The molecule has 5 rings (SSSR count). The molecule has 1 nitrogen and oxygen atoms in total. The van der Waals surface area contributed by atoms with E-state index in [1.165, 1.54) is 21.9 Å².